The fourth-order valence-corrected chi connectivity index (χ4v) is 15.2. The second kappa shape index (κ2) is 59.9. The molecule has 2 aliphatic heterocycles. The Morgan fingerprint density at radius 1 is 0.331 bits per heavy atom. The van der Waals surface area contributed by atoms with Gasteiger partial charge in [-0.05, 0) is 159 Å². The zero-order valence-electron chi connectivity index (χ0n) is 77.8. The van der Waals surface area contributed by atoms with Gasteiger partial charge in [0, 0.05) is 37.4 Å². The number of aliphatic carboxylic acids is 4. The molecule has 47 nitrogen and oxygen atoms in total. The molecule has 19 atom stereocenters. The number of aliphatic hydroxyl groups excluding tert-OH is 2. The Bertz CT molecular complexity index is 3980. The van der Waals surface area contributed by atoms with Gasteiger partial charge in [0.1, 0.15) is 96.7 Å². The molecule has 2 heterocycles. The fraction of sp³-hybridized carbons (Fsp3) is 0.750. The Labute approximate surface area is 784 Å². The average Bonchev–Trinajstić information content (AvgIpc) is 1.70. The number of nitrogens with two attached hydrogens (primary N) is 4. The van der Waals surface area contributed by atoms with Crippen molar-refractivity contribution in [3.8, 4) is 0 Å². The van der Waals surface area contributed by atoms with E-state index in [-0.39, 0.29) is 108 Å². The molecule has 0 aromatic rings. The summed E-state index contributed by atoms with van der Waals surface area (Å²) in [6.07, 6.45) is -6.09. The highest BCUT2D eigenvalue weighted by Gasteiger charge is 2.45. The van der Waals surface area contributed by atoms with Crippen LogP contribution in [0.15, 0.2) is 0 Å². The Morgan fingerprint density at radius 3 is 0.947 bits per heavy atom. The van der Waals surface area contributed by atoms with Crippen LogP contribution in [0.5, 0.6) is 0 Å². The van der Waals surface area contributed by atoms with Crippen LogP contribution in [0.1, 0.15) is 218 Å². The summed E-state index contributed by atoms with van der Waals surface area (Å²) in [5.74, 6) is -26.3. The monoisotopic (exact) mass is 1930 g/mol. The number of unbranched alkanes of at least 4 members (excludes halogenated alkanes) is 2. The number of carboxylic acids is 4. The number of carbonyl (C=O) groups is 21. The number of nitrogens with one attached hydrogen (secondary N) is 14. The van der Waals surface area contributed by atoms with Crippen LogP contribution < -0.4 is 97.4 Å². The topological polar surface area (TPSA) is 759 Å². The summed E-state index contributed by atoms with van der Waals surface area (Å²) >= 11 is 8.41. The third kappa shape index (κ3) is 42.6. The quantitative estimate of drug-likeness (QED) is 0.0199. The number of likely N-dealkylation sites (tertiary alicyclic amines) is 2. The van der Waals surface area contributed by atoms with E-state index in [0.29, 0.717) is 32.2 Å². The van der Waals surface area contributed by atoms with Crippen molar-refractivity contribution >= 4 is 150 Å². The van der Waals surface area contributed by atoms with Crippen molar-refractivity contribution in [2.75, 3.05) is 37.7 Å². The molecule has 133 heavy (non-hydrogen) atoms. The zero-order chi connectivity index (χ0) is 101. The van der Waals surface area contributed by atoms with Gasteiger partial charge in [-0.2, -0.15) is 25.3 Å². The molecular formula is C84H144N20O27S2. The first-order valence-corrected chi connectivity index (χ1v) is 46.3. The van der Waals surface area contributed by atoms with Gasteiger partial charge in [0.05, 0.1) is 31.1 Å². The number of hydrogen-bond acceptors (Lipinski definition) is 28. The van der Waals surface area contributed by atoms with Crippen molar-refractivity contribution < 1.29 is 131 Å². The molecule has 0 saturated carbocycles. The molecule has 28 N–H and O–H groups in total. The Morgan fingerprint density at radius 2 is 0.617 bits per heavy atom. The van der Waals surface area contributed by atoms with E-state index < -0.39 is 301 Å². The molecule has 754 valence electrons. The van der Waals surface area contributed by atoms with Crippen molar-refractivity contribution in [3.05, 3.63) is 0 Å². The summed E-state index contributed by atoms with van der Waals surface area (Å²) in [6, 6.07) is -26.9. The van der Waals surface area contributed by atoms with Crippen LogP contribution in [-0.4, -0.2) is 317 Å². The number of primary amides is 1. The molecule has 0 aromatic heterocycles. The first-order valence-electron chi connectivity index (χ1n) is 45.0. The molecule has 2 saturated heterocycles. The van der Waals surface area contributed by atoms with Gasteiger partial charge in [-0.15, -0.1) is 0 Å². The maximum Gasteiger partial charge on any atom is 0.326 e. The number of rotatable bonds is 63. The van der Waals surface area contributed by atoms with E-state index in [1.165, 1.54) is 4.90 Å². The first-order chi connectivity index (χ1) is 62.2. The van der Waals surface area contributed by atoms with Crippen LogP contribution in [0.4, 0.5) is 0 Å². The standard InChI is InChI=1S/C84H144N20O27S2/c1-40(2)31-51(92-69(115)50(24-26-63(108)109)91-81(127)67(46(12)106)102-77(123)59(39-133)100-72(118)52(32-41(3)4)93-74(120)54(36-64(110)111)95-78(124)60-21-17-29-103(60)82(128)47(87)19-13-15-27-85)71(117)89-48(20-14-16-28-86)68(114)97-56(34-43(7)8)83(129)104-30-18-22-61(104)79(125)96-55(37-65(112)113)75(121)94-53(33-42(5)6)73(119)99-58(38-132)76(122)101-66(45(11)105)80(126)90-49(23-25-62(88)107)70(116)98-57(84(130)131)35-44(9)10/h40-61,66-67,105-106,132-133H,13-39,85-87H2,1-12H3,(H2,88,107)(H,89,117)(H,90,126)(H,91,127)(H,92,115)(H,93,120)(H,94,121)(H,95,124)(H,96,125)(H,97,114)(H,98,116)(H,99,119)(H,100,118)(H,101,122)(H,102,123)(H,108,109)(H,110,111)(H,112,113)(H,130,131)/t45-,46-,47+,48+,49+,50+,51+,52+,53+,54+,55+,56+,57+,58+,59+,60+,61+,66+,67+/m1/s1. The van der Waals surface area contributed by atoms with Gasteiger partial charge in [0.15, 0.2) is 0 Å². The molecule has 2 rings (SSSR count). The zero-order valence-corrected chi connectivity index (χ0v) is 79.6. The summed E-state index contributed by atoms with van der Waals surface area (Å²) in [6.45, 7) is 19.5. The van der Waals surface area contributed by atoms with Crippen LogP contribution in [0.3, 0.4) is 0 Å². The molecule has 0 aliphatic carbocycles. The van der Waals surface area contributed by atoms with Crippen molar-refractivity contribution in [2.24, 2.45) is 52.5 Å². The van der Waals surface area contributed by atoms with Gasteiger partial charge in [-0.25, -0.2) is 4.79 Å². The van der Waals surface area contributed by atoms with Gasteiger partial charge in [-0.1, -0.05) is 75.7 Å². The highest BCUT2D eigenvalue weighted by Crippen LogP contribution is 2.24. The van der Waals surface area contributed by atoms with Crippen molar-refractivity contribution in [1.29, 1.82) is 0 Å². The largest absolute Gasteiger partial charge is 0.481 e. The molecular weight excluding hydrogens is 1790 g/mol. The van der Waals surface area contributed by atoms with Crippen molar-refractivity contribution in [2.45, 2.75) is 333 Å². The van der Waals surface area contributed by atoms with E-state index in [9.17, 15) is 131 Å². The summed E-state index contributed by atoms with van der Waals surface area (Å²) in [5.41, 5.74) is 22.9. The summed E-state index contributed by atoms with van der Waals surface area (Å²) < 4.78 is 0. The number of thiol groups is 2. The number of nitrogens with zero attached hydrogens (tertiary/aromatic N) is 2. The van der Waals surface area contributed by atoms with Crippen LogP contribution in [-0.2, 0) is 101 Å². The number of hydrogen-bond donors (Lipinski definition) is 26. The lowest BCUT2D eigenvalue weighted by Gasteiger charge is -2.32. The summed E-state index contributed by atoms with van der Waals surface area (Å²) in [5, 5.41) is 95.1. The molecule has 0 bridgehead atoms. The summed E-state index contributed by atoms with van der Waals surface area (Å²) in [4.78, 5) is 289. The molecule has 2 fully saturated rings. The van der Waals surface area contributed by atoms with Gasteiger partial charge in [-0.3, -0.25) is 95.9 Å². The lowest BCUT2D eigenvalue weighted by Crippen LogP contribution is -2.62. The normalized spacial score (nSPS) is 17.6. The van der Waals surface area contributed by atoms with Gasteiger partial charge >= 0.3 is 23.9 Å². The minimum atomic E-state index is -1.99. The molecule has 2 aliphatic rings. The van der Waals surface area contributed by atoms with Crippen LogP contribution in [0.25, 0.3) is 0 Å². The van der Waals surface area contributed by atoms with Gasteiger partial charge in [0.2, 0.25) is 100 Å². The molecule has 0 aromatic carbocycles. The number of amides is 17. The predicted molar refractivity (Wildman–Crippen MR) is 486 cm³/mol. The molecule has 0 spiro atoms. The molecule has 17 amide bonds. The van der Waals surface area contributed by atoms with Crippen molar-refractivity contribution in [3.63, 3.8) is 0 Å². The first kappa shape index (κ1) is 118. The van der Waals surface area contributed by atoms with Crippen LogP contribution in [0, 0.1) is 29.6 Å². The predicted octanol–water partition coefficient (Wildman–Crippen LogP) is -5.64. The molecule has 0 radical (unpaired) electrons. The number of carbonyl (C=O) groups excluding carboxylic acids is 17. The van der Waals surface area contributed by atoms with E-state index in [0.717, 1.165) is 18.7 Å². The maximum atomic E-state index is 14.9. The molecule has 0 unspecified atom stereocenters. The lowest BCUT2D eigenvalue weighted by atomic mass is 9.99. The van der Waals surface area contributed by atoms with Crippen LogP contribution >= 0.6 is 25.3 Å². The van der Waals surface area contributed by atoms with Gasteiger partial charge in [0.25, 0.3) is 0 Å². The molecule has 49 heteroatoms. The van der Waals surface area contributed by atoms with E-state index in [1.54, 1.807) is 69.2 Å². The van der Waals surface area contributed by atoms with Crippen molar-refractivity contribution in [1.82, 2.24) is 84.2 Å². The van der Waals surface area contributed by atoms with E-state index in [2.05, 4.69) is 99.7 Å². The highest BCUT2D eigenvalue weighted by atomic mass is 32.1. The summed E-state index contributed by atoms with van der Waals surface area (Å²) in [7, 11) is 0. The SMILES string of the molecule is CC(C)C[C@H](NC(=O)[C@H](CCC(N)=O)NC(=O)[C@@H](NC(=O)[C@H](CS)NC(=O)[C@H](CC(C)C)NC(=O)[C@H](CC(=O)O)NC(=O)[C@@H]1CCCN1C(=O)[C@H](CC(C)C)NC(=O)[C@H](CCCCN)NC(=O)[C@H](CC(C)C)NC(=O)[C@H](CCC(=O)O)NC(=O)[C@@H](NC(=O)[C@H](CS)NC(=O)[C@H](CC(C)C)NC(=O)[C@H](CC(=O)O)NC(=O)[C@@H]1CCCN1C(=O)[C@@H](N)CCCCN)[C@@H](C)O)[C@@H](C)O)C(=O)O. The Hall–Kier alpha value is -10.6. The average molecular weight is 1930 g/mol. The Kier molecular flexibility index (Phi) is 53.3. The maximum absolute atomic E-state index is 14.9. The third-order valence-electron chi connectivity index (χ3n) is 21.6. The minimum Gasteiger partial charge on any atom is -0.481 e. The Balaban J connectivity index is 2.45. The smallest absolute Gasteiger partial charge is 0.326 e. The van der Waals surface area contributed by atoms with Crippen LogP contribution in [0.2, 0.25) is 0 Å². The van der Waals surface area contributed by atoms with Gasteiger partial charge < -0.3 is 138 Å². The lowest BCUT2D eigenvalue weighted by molar-refractivity contribution is -0.144. The highest BCUT2D eigenvalue weighted by molar-refractivity contribution is 7.80. The minimum absolute atomic E-state index is 0.0246. The van der Waals surface area contributed by atoms with E-state index in [1.807, 2.05) is 0 Å². The third-order valence-corrected chi connectivity index (χ3v) is 22.3. The number of carboxylic acid groups (broad SMARTS) is 4. The second-order valence-corrected chi connectivity index (χ2v) is 36.5. The fourth-order valence-electron chi connectivity index (χ4n) is 14.7. The number of aliphatic hydroxyl groups is 2. The van der Waals surface area contributed by atoms with E-state index in [4.69, 9.17) is 22.9 Å². The van der Waals surface area contributed by atoms with E-state index >= 15 is 0 Å². The second-order valence-electron chi connectivity index (χ2n) is 35.7.